The first-order valence-corrected chi connectivity index (χ1v) is 8.82. The Hall–Kier alpha value is -2.82. The quantitative estimate of drug-likeness (QED) is 0.320. The Morgan fingerprint density at radius 1 is 1.28 bits per heavy atom. The molecule has 7 heteroatoms. The van der Waals surface area contributed by atoms with Gasteiger partial charge in [0.25, 0.3) is 5.69 Å². The average Bonchev–Trinajstić information content (AvgIpc) is 3.10. The maximum atomic E-state index is 10.7. The van der Waals surface area contributed by atoms with Gasteiger partial charge in [-0.15, -0.1) is 11.3 Å². The smallest absolute Gasteiger partial charge is 0.258 e. The van der Waals surface area contributed by atoms with Crippen LogP contribution in [-0.2, 0) is 0 Å². The molecule has 1 heterocycles. The summed E-state index contributed by atoms with van der Waals surface area (Å²) in [6, 6.07) is 16.0. The van der Waals surface area contributed by atoms with Crippen molar-refractivity contribution < 1.29 is 4.92 Å². The molecule has 0 fully saturated rings. The lowest BCUT2D eigenvalue weighted by molar-refractivity contribution is -0.384. The number of nitrogens with zero attached hydrogens (tertiary/aromatic N) is 3. The summed E-state index contributed by atoms with van der Waals surface area (Å²) in [5.41, 5.74) is 2.90. The van der Waals surface area contributed by atoms with Crippen molar-refractivity contribution >= 4 is 44.6 Å². The van der Waals surface area contributed by atoms with Crippen LogP contribution in [0.25, 0.3) is 22.9 Å². The number of nitro benzene ring substituents is 1. The first-order valence-electron chi connectivity index (χ1n) is 7.15. The summed E-state index contributed by atoms with van der Waals surface area (Å²) >= 11 is 4.82. The molecule has 0 aliphatic carbocycles. The highest BCUT2D eigenvalue weighted by molar-refractivity contribution is 9.10. The number of hydrogen-bond acceptors (Lipinski definition) is 5. The van der Waals surface area contributed by atoms with Gasteiger partial charge in [-0.25, -0.2) is 4.98 Å². The van der Waals surface area contributed by atoms with Gasteiger partial charge in [-0.1, -0.05) is 28.1 Å². The molecule has 0 atom stereocenters. The molecule has 25 heavy (non-hydrogen) atoms. The van der Waals surface area contributed by atoms with Gasteiger partial charge in [0.05, 0.1) is 16.2 Å². The summed E-state index contributed by atoms with van der Waals surface area (Å²) in [7, 11) is 0. The Balaban J connectivity index is 1.91. The van der Waals surface area contributed by atoms with Crippen LogP contribution in [0.1, 0.15) is 10.6 Å². The van der Waals surface area contributed by atoms with E-state index in [0.29, 0.717) is 16.1 Å². The third-order valence-electron chi connectivity index (χ3n) is 3.39. The Labute approximate surface area is 156 Å². The number of non-ortho nitro benzene ring substituents is 1. The van der Waals surface area contributed by atoms with Crippen molar-refractivity contribution in [3.63, 3.8) is 0 Å². The van der Waals surface area contributed by atoms with Crippen LogP contribution >= 0.6 is 27.3 Å². The lowest BCUT2D eigenvalue weighted by Crippen LogP contribution is -1.87. The molecule has 2 aromatic carbocycles. The number of allylic oxidation sites excluding steroid dienone is 1. The molecule has 0 saturated carbocycles. The third kappa shape index (κ3) is 3.99. The summed E-state index contributed by atoms with van der Waals surface area (Å²) in [6.45, 7) is 0. The van der Waals surface area contributed by atoms with E-state index in [9.17, 15) is 15.4 Å². The van der Waals surface area contributed by atoms with Crippen LogP contribution in [0.15, 0.2) is 58.4 Å². The van der Waals surface area contributed by atoms with E-state index >= 15 is 0 Å². The normalized spacial score (nSPS) is 11.1. The van der Waals surface area contributed by atoms with Gasteiger partial charge in [0.2, 0.25) is 0 Å². The van der Waals surface area contributed by atoms with Gasteiger partial charge >= 0.3 is 0 Å². The molecule has 3 rings (SSSR count). The molecular formula is C18H10BrN3O2S. The number of aromatic nitrogens is 1. The molecule has 0 saturated heterocycles. The van der Waals surface area contributed by atoms with Crippen LogP contribution in [0, 0.1) is 21.4 Å². The fourth-order valence-corrected chi connectivity index (χ4v) is 3.37. The SMILES string of the molecule is N#CC(=Cc1ccc([N+](=O)[O-])cc1)c1nc(-c2cccc(Br)c2)cs1. The minimum atomic E-state index is -0.455. The number of thiazole rings is 1. The molecule has 0 aliphatic rings. The molecule has 0 bridgehead atoms. The first-order chi connectivity index (χ1) is 12.1. The van der Waals surface area contributed by atoms with Crippen LogP contribution in [0.4, 0.5) is 5.69 Å². The summed E-state index contributed by atoms with van der Waals surface area (Å²) in [5, 5.41) is 22.6. The topological polar surface area (TPSA) is 79.8 Å². The van der Waals surface area contributed by atoms with Gasteiger partial charge in [0.1, 0.15) is 11.1 Å². The standard InChI is InChI=1S/C18H10BrN3O2S/c19-15-3-1-2-13(9-15)17-11-25-18(21-17)14(10-20)8-12-4-6-16(7-5-12)22(23)24/h1-9,11H. The van der Waals surface area contributed by atoms with Crippen LogP contribution in [0.3, 0.4) is 0 Å². The van der Waals surface area contributed by atoms with Gasteiger partial charge in [-0.05, 0) is 35.9 Å². The van der Waals surface area contributed by atoms with Crippen LogP contribution in [0.5, 0.6) is 0 Å². The second-order valence-electron chi connectivity index (χ2n) is 5.07. The number of nitro groups is 1. The minimum Gasteiger partial charge on any atom is -0.258 e. The van der Waals surface area contributed by atoms with Crippen molar-refractivity contribution in [2.45, 2.75) is 0 Å². The fourth-order valence-electron chi connectivity index (χ4n) is 2.18. The molecule has 0 N–H and O–H groups in total. The lowest BCUT2D eigenvalue weighted by atomic mass is 10.1. The average molecular weight is 412 g/mol. The van der Waals surface area contributed by atoms with E-state index in [1.165, 1.54) is 23.5 Å². The summed E-state index contributed by atoms with van der Waals surface area (Å²) in [5.74, 6) is 0. The van der Waals surface area contributed by atoms with Gasteiger partial charge < -0.3 is 0 Å². The monoisotopic (exact) mass is 411 g/mol. The minimum absolute atomic E-state index is 0.0156. The molecule has 3 aromatic rings. The second kappa shape index (κ2) is 7.38. The summed E-state index contributed by atoms with van der Waals surface area (Å²) < 4.78 is 0.960. The highest BCUT2D eigenvalue weighted by Crippen LogP contribution is 2.28. The van der Waals surface area contributed by atoms with E-state index in [2.05, 4.69) is 27.0 Å². The highest BCUT2D eigenvalue weighted by Gasteiger charge is 2.10. The van der Waals surface area contributed by atoms with Crippen molar-refractivity contribution in [3.8, 4) is 17.3 Å². The number of benzene rings is 2. The Kier molecular flexibility index (Phi) is 5.03. The molecule has 0 spiro atoms. The van der Waals surface area contributed by atoms with Crippen molar-refractivity contribution in [3.05, 3.63) is 79.1 Å². The summed E-state index contributed by atoms with van der Waals surface area (Å²) in [6.07, 6.45) is 1.67. The van der Waals surface area contributed by atoms with E-state index in [4.69, 9.17) is 0 Å². The number of halogens is 1. The zero-order valence-corrected chi connectivity index (χ0v) is 15.1. The highest BCUT2D eigenvalue weighted by atomic mass is 79.9. The van der Waals surface area contributed by atoms with E-state index in [1.54, 1.807) is 18.2 Å². The van der Waals surface area contributed by atoms with Crippen LogP contribution in [-0.4, -0.2) is 9.91 Å². The largest absolute Gasteiger partial charge is 0.269 e. The molecule has 1 aromatic heterocycles. The maximum absolute atomic E-state index is 10.7. The van der Waals surface area contributed by atoms with Crippen LogP contribution in [0.2, 0.25) is 0 Å². The fraction of sp³-hybridized carbons (Fsp3) is 0. The Bertz CT molecular complexity index is 1000. The molecule has 0 amide bonds. The summed E-state index contributed by atoms with van der Waals surface area (Å²) in [4.78, 5) is 14.8. The molecule has 0 aliphatic heterocycles. The molecule has 0 radical (unpaired) electrons. The van der Waals surface area contributed by atoms with Crippen molar-refractivity contribution in [2.75, 3.05) is 0 Å². The van der Waals surface area contributed by atoms with E-state index in [-0.39, 0.29) is 5.69 Å². The van der Waals surface area contributed by atoms with Crippen molar-refractivity contribution in [1.82, 2.24) is 4.98 Å². The zero-order valence-electron chi connectivity index (χ0n) is 12.7. The Morgan fingerprint density at radius 3 is 2.68 bits per heavy atom. The van der Waals surface area contributed by atoms with Gasteiger partial charge in [-0.2, -0.15) is 5.26 Å². The predicted octanol–water partition coefficient (Wildman–Crippen LogP) is 5.54. The van der Waals surface area contributed by atoms with E-state index in [1.807, 2.05) is 29.6 Å². The maximum Gasteiger partial charge on any atom is 0.269 e. The lowest BCUT2D eigenvalue weighted by Gasteiger charge is -1.98. The van der Waals surface area contributed by atoms with E-state index < -0.39 is 4.92 Å². The Morgan fingerprint density at radius 2 is 2.04 bits per heavy atom. The second-order valence-corrected chi connectivity index (χ2v) is 6.84. The number of hydrogen-bond donors (Lipinski definition) is 0. The number of rotatable bonds is 4. The predicted molar refractivity (Wildman–Crippen MR) is 102 cm³/mol. The number of nitriles is 1. The van der Waals surface area contributed by atoms with Gasteiger partial charge in [0, 0.05) is 27.5 Å². The van der Waals surface area contributed by atoms with Crippen molar-refractivity contribution in [2.24, 2.45) is 0 Å². The zero-order chi connectivity index (χ0) is 17.8. The van der Waals surface area contributed by atoms with Crippen LogP contribution < -0.4 is 0 Å². The molecular weight excluding hydrogens is 402 g/mol. The van der Waals surface area contributed by atoms with E-state index in [0.717, 1.165) is 15.7 Å². The third-order valence-corrected chi connectivity index (χ3v) is 4.76. The molecule has 0 unspecified atom stereocenters. The molecule has 5 nitrogen and oxygen atoms in total. The van der Waals surface area contributed by atoms with Gasteiger partial charge in [-0.3, -0.25) is 10.1 Å². The van der Waals surface area contributed by atoms with Gasteiger partial charge in [0.15, 0.2) is 0 Å². The van der Waals surface area contributed by atoms with Crippen molar-refractivity contribution in [1.29, 1.82) is 5.26 Å². The first kappa shape index (κ1) is 17.0. The molecule has 122 valence electrons.